The number of Topliss-reactive ketones (excluding diaryl/α,β-unsaturated/α-hetero) is 1. The fraction of sp³-hybridized carbons (Fsp3) is 0.0833. The summed E-state index contributed by atoms with van der Waals surface area (Å²) in [7, 11) is 0. The average Bonchev–Trinajstić information content (AvgIpc) is 2.74. The van der Waals surface area contributed by atoms with E-state index in [0.29, 0.717) is 5.58 Å². The maximum atomic E-state index is 11.6. The highest BCUT2D eigenvalue weighted by Crippen LogP contribution is 2.20. The van der Waals surface area contributed by atoms with Crippen LogP contribution < -0.4 is 0 Å². The molecule has 4 heteroatoms. The van der Waals surface area contributed by atoms with Crippen LogP contribution in [-0.2, 0) is 0 Å². The average molecular weight is 210 g/mol. The summed E-state index contributed by atoms with van der Waals surface area (Å²) in [6.07, 6.45) is 0. The van der Waals surface area contributed by atoms with Gasteiger partial charge in [0.25, 0.3) is 0 Å². The van der Waals surface area contributed by atoms with Gasteiger partial charge in [-0.15, -0.1) is 0 Å². The minimum absolute atomic E-state index is 0.0503. The summed E-state index contributed by atoms with van der Waals surface area (Å²) in [5, 5.41) is 18.0. The lowest BCUT2D eigenvalue weighted by atomic mass is 10.1. The molecule has 4 nitrogen and oxygen atoms in total. The number of hydrogen-bond donors (Lipinski definition) is 0. The van der Waals surface area contributed by atoms with E-state index in [2.05, 4.69) is 0 Å². The first kappa shape index (κ1) is 9.95. The highest BCUT2D eigenvalue weighted by molar-refractivity contribution is 6.01. The van der Waals surface area contributed by atoms with Gasteiger partial charge in [0.15, 0.2) is 11.7 Å². The number of fused-ring (bicyclic) bond motifs is 1. The summed E-state index contributed by atoms with van der Waals surface area (Å²) in [6, 6.07) is 11.9. The number of furan rings is 1. The number of hydrogen-bond acceptors (Lipinski definition) is 4. The monoisotopic (exact) mass is 210 g/mol. The van der Waals surface area contributed by atoms with E-state index in [1.54, 1.807) is 36.4 Å². The molecule has 76 valence electrons. The van der Waals surface area contributed by atoms with Crippen LogP contribution in [0.15, 0.2) is 34.7 Å². The molecule has 2 rings (SSSR count). The molecule has 1 heterocycles. The normalized spacial score (nSPS) is 9.94. The second kappa shape index (κ2) is 3.88. The van der Waals surface area contributed by atoms with Crippen molar-refractivity contribution >= 4 is 16.8 Å². The van der Waals surface area contributed by atoms with Gasteiger partial charge in [-0.25, -0.2) is 0 Å². The number of ketones is 1. The number of para-hydroxylation sites is 1. The number of carbonyl (C=O) groups excluding carboxylic acids is 1. The van der Waals surface area contributed by atoms with Gasteiger partial charge in [0.2, 0.25) is 5.78 Å². The first-order valence-electron chi connectivity index (χ1n) is 4.58. The van der Waals surface area contributed by atoms with Crippen molar-refractivity contribution in [3.63, 3.8) is 0 Å². The molecule has 0 bridgehead atoms. The maximum absolute atomic E-state index is 11.6. The van der Waals surface area contributed by atoms with Crippen molar-refractivity contribution in [2.24, 2.45) is 5.92 Å². The molecule has 0 saturated heterocycles. The Hall–Kier alpha value is -2.59. The molecular weight excluding hydrogens is 204 g/mol. The van der Waals surface area contributed by atoms with Crippen molar-refractivity contribution in [2.45, 2.75) is 0 Å². The van der Waals surface area contributed by atoms with Crippen LogP contribution in [0, 0.1) is 28.6 Å². The SMILES string of the molecule is N#CC(C#N)C(=O)c1cc2ccccc2o1. The lowest BCUT2D eigenvalue weighted by Gasteiger charge is -1.93. The molecule has 0 radical (unpaired) electrons. The summed E-state index contributed by atoms with van der Waals surface area (Å²) >= 11 is 0. The molecule has 0 N–H and O–H groups in total. The number of carbonyl (C=O) groups is 1. The van der Waals surface area contributed by atoms with Crippen LogP contribution >= 0.6 is 0 Å². The minimum atomic E-state index is -1.31. The number of nitrogens with zero attached hydrogens (tertiary/aromatic N) is 2. The van der Waals surface area contributed by atoms with Crippen molar-refractivity contribution < 1.29 is 9.21 Å². The van der Waals surface area contributed by atoms with Crippen molar-refractivity contribution in [1.82, 2.24) is 0 Å². The summed E-state index contributed by atoms with van der Waals surface area (Å²) in [6.45, 7) is 0. The van der Waals surface area contributed by atoms with Gasteiger partial charge < -0.3 is 4.42 Å². The van der Waals surface area contributed by atoms with Gasteiger partial charge in [0.05, 0.1) is 12.1 Å². The molecule has 0 unspecified atom stereocenters. The van der Waals surface area contributed by atoms with Crippen molar-refractivity contribution in [3.8, 4) is 12.1 Å². The van der Waals surface area contributed by atoms with Crippen LogP contribution in [0.25, 0.3) is 11.0 Å². The van der Waals surface area contributed by atoms with Crippen molar-refractivity contribution in [3.05, 3.63) is 36.1 Å². The van der Waals surface area contributed by atoms with E-state index in [4.69, 9.17) is 14.9 Å². The van der Waals surface area contributed by atoms with Crippen LogP contribution in [-0.4, -0.2) is 5.78 Å². The second-order valence-electron chi connectivity index (χ2n) is 3.20. The maximum Gasteiger partial charge on any atom is 0.229 e. The molecule has 0 atom stereocenters. The van der Waals surface area contributed by atoms with E-state index in [-0.39, 0.29) is 5.76 Å². The lowest BCUT2D eigenvalue weighted by Crippen LogP contribution is -2.09. The molecule has 0 spiro atoms. The van der Waals surface area contributed by atoms with Crippen LogP contribution in [0.2, 0.25) is 0 Å². The van der Waals surface area contributed by atoms with E-state index in [1.807, 2.05) is 6.07 Å². The van der Waals surface area contributed by atoms with Crippen LogP contribution in [0.3, 0.4) is 0 Å². The van der Waals surface area contributed by atoms with E-state index in [9.17, 15) is 4.79 Å². The van der Waals surface area contributed by atoms with Crippen molar-refractivity contribution in [2.75, 3.05) is 0 Å². The van der Waals surface area contributed by atoms with Crippen LogP contribution in [0.4, 0.5) is 0 Å². The third-order valence-electron chi connectivity index (χ3n) is 2.19. The number of nitriles is 2. The van der Waals surface area contributed by atoms with Gasteiger partial charge in [-0.2, -0.15) is 10.5 Å². The molecule has 16 heavy (non-hydrogen) atoms. The minimum Gasteiger partial charge on any atom is -0.453 e. The predicted molar refractivity (Wildman–Crippen MR) is 55.3 cm³/mol. The molecule has 0 aliphatic carbocycles. The highest BCUT2D eigenvalue weighted by Gasteiger charge is 2.22. The fourth-order valence-electron chi connectivity index (χ4n) is 1.39. The molecule has 2 aromatic rings. The Balaban J connectivity index is 2.46. The van der Waals surface area contributed by atoms with E-state index in [1.165, 1.54) is 0 Å². The van der Waals surface area contributed by atoms with Crippen LogP contribution in [0.1, 0.15) is 10.6 Å². The Morgan fingerprint density at radius 2 is 1.94 bits per heavy atom. The second-order valence-corrected chi connectivity index (χ2v) is 3.20. The molecule has 0 aliphatic rings. The molecule has 0 saturated carbocycles. The first-order valence-corrected chi connectivity index (χ1v) is 4.58. The summed E-state index contributed by atoms with van der Waals surface area (Å²) in [4.78, 5) is 11.6. The van der Waals surface area contributed by atoms with Gasteiger partial charge in [0.1, 0.15) is 5.58 Å². The predicted octanol–water partition coefficient (Wildman–Crippen LogP) is 2.28. The van der Waals surface area contributed by atoms with Gasteiger partial charge in [-0.05, 0) is 12.1 Å². The summed E-state index contributed by atoms with van der Waals surface area (Å²) in [5.41, 5.74) is 0.570. The summed E-state index contributed by atoms with van der Waals surface area (Å²) < 4.78 is 5.26. The smallest absolute Gasteiger partial charge is 0.229 e. The quantitative estimate of drug-likeness (QED) is 0.712. The molecular formula is C12H6N2O2. The Kier molecular flexibility index (Phi) is 2.41. The largest absolute Gasteiger partial charge is 0.453 e. The Labute approximate surface area is 91.3 Å². The van der Waals surface area contributed by atoms with Gasteiger partial charge >= 0.3 is 0 Å². The Morgan fingerprint density at radius 3 is 2.56 bits per heavy atom. The topological polar surface area (TPSA) is 77.8 Å². The first-order chi connectivity index (χ1) is 7.76. The van der Waals surface area contributed by atoms with Crippen LogP contribution in [0.5, 0.6) is 0 Å². The standard InChI is InChI=1S/C12H6N2O2/c13-6-9(7-14)12(15)11-5-8-3-1-2-4-10(8)16-11/h1-5,9H. The molecule has 1 aromatic carbocycles. The highest BCUT2D eigenvalue weighted by atomic mass is 16.3. The van der Waals surface area contributed by atoms with E-state index >= 15 is 0 Å². The van der Waals surface area contributed by atoms with Gasteiger partial charge in [-0.1, -0.05) is 18.2 Å². The number of rotatable bonds is 2. The third kappa shape index (κ3) is 1.53. The lowest BCUT2D eigenvalue weighted by molar-refractivity contribution is 0.0946. The third-order valence-corrected chi connectivity index (χ3v) is 2.19. The van der Waals surface area contributed by atoms with Gasteiger partial charge in [-0.3, -0.25) is 4.79 Å². The molecule has 0 aliphatic heterocycles. The van der Waals surface area contributed by atoms with E-state index < -0.39 is 11.7 Å². The number of benzene rings is 1. The van der Waals surface area contributed by atoms with Gasteiger partial charge in [0, 0.05) is 5.39 Å². The van der Waals surface area contributed by atoms with Crippen molar-refractivity contribution in [1.29, 1.82) is 10.5 Å². The molecule has 0 fully saturated rings. The Morgan fingerprint density at radius 1 is 1.25 bits per heavy atom. The zero-order valence-corrected chi connectivity index (χ0v) is 8.18. The fourth-order valence-corrected chi connectivity index (χ4v) is 1.39. The van der Waals surface area contributed by atoms with E-state index in [0.717, 1.165) is 5.39 Å². The zero-order valence-electron chi connectivity index (χ0n) is 8.18. The molecule has 0 amide bonds. The molecule has 1 aromatic heterocycles. The Bertz CT molecular complexity index is 581. The zero-order chi connectivity index (χ0) is 11.5. The summed E-state index contributed by atoms with van der Waals surface area (Å²) in [5.74, 6) is -1.85.